The Bertz CT molecular complexity index is 542. The van der Waals surface area contributed by atoms with Crippen molar-refractivity contribution in [1.82, 2.24) is 5.32 Å². The van der Waals surface area contributed by atoms with Crippen molar-refractivity contribution in [3.63, 3.8) is 0 Å². The second-order valence-electron chi connectivity index (χ2n) is 4.56. The van der Waals surface area contributed by atoms with Crippen LogP contribution < -0.4 is 5.32 Å². The van der Waals surface area contributed by atoms with Crippen LogP contribution in [0.3, 0.4) is 0 Å². The number of carbonyl (C=O) groups is 2. The SMILES string of the molecule is Cc1ccc([N+](=O)[O-])cc1C(=O)NC(C)CCC(=O)O. The van der Waals surface area contributed by atoms with Crippen molar-refractivity contribution in [2.24, 2.45) is 0 Å². The maximum Gasteiger partial charge on any atom is 0.303 e. The van der Waals surface area contributed by atoms with E-state index in [4.69, 9.17) is 5.11 Å². The minimum Gasteiger partial charge on any atom is -0.481 e. The maximum absolute atomic E-state index is 12.0. The molecule has 0 fully saturated rings. The number of aliphatic carboxylic acids is 1. The van der Waals surface area contributed by atoms with Crippen LogP contribution in [-0.2, 0) is 4.79 Å². The summed E-state index contributed by atoms with van der Waals surface area (Å²) in [5, 5.41) is 21.9. The van der Waals surface area contributed by atoms with E-state index in [0.29, 0.717) is 12.0 Å². The molecule has 1 atom stereocenters. The molecule has 0 aliphatic rings. The molecule has 20 heavy (non-hydrogen) atoms. The first-order valence-corrected chi connectivity index (χ1v) is 6.09. The summed E-state index contributed by atoms with van der Waals surface area (Å²) in [6.07, 6.45) is 0.254. The lowest BCUT2D eigenvalue weighted by Crippen LogP contribution is -2.33. The number of aryl methyl sites for hydroxylation is 1. The Balaban J connectivity index is 2.79. The molecular formula is C13H16N2O5. The fourth-order valence-corrected chi connectivity index (χ4v) is 1.68. The van der Waals surface area contributed by atoms with Gasteiger partial charge >= 0.3 is 5.97 Å². The van der Waals surface area contributed by atoms with Crippen molar-refractivity contribution in [2.45, 2.75) is 32.7 Å². The van der Waals surface area contributed by atoms with E-state index in [2.05, 4.69) is 5.32 Å². The minimum atomic E-state index is -0.933. The van der Waals surface area contributed by atoms with Gasteiger partial charge in [0.05, 0.1) is 4.92 Å². The topological polar surface area (TPSA) is 110 Å². The van der Waals surface area contributed by atoms with Gasteiger partial charge in [0.1, 0.15) is 0 Å². The largest absolute Gasteiger partial charge is 0.481 e. The lowest BCUT2D eigenvalue weighted by molar-refractivity contribution is -0.384. The number of carboxylic acid groups (broad SMARTS) is 1. The molecule has 0 bridgehead atoms. The van der Waals surface area contributed by atoms with Crippen LogP contribution in [0, 0.1) is 17.0 Å². The van der Waals surface area contributed by atoms with Crippen LogP contribution in [0.15, 0.2) is 18.2 Å². The number of carboxylic acids is 1. The first-order valence-electron chi connectivity index (χ1n) is 6.09. The lowest BCUT2D eigenvalue weighted by Gasteiger charge is -2.13. The number of benzene rings is 1. The summed E-state index contributed by atoms with van der Waals surface area (Å²) in [5.41, 5.74) is 0.693. The molecule has 0 saturated carbocycles. The maximum atomic E-state index is 12.0. The predicted octanol–water partition coefficient (Wildman–Crippen LogP) is 1.89. The van der Waals surface area contributed by atoms with E-state index in [-0.39, 0.29) is 23.7 Å². The zero-order chi connectivity index (χ0) is 15.3. The highest BCUT2D eigenvalue weighted by atomic mass is 16.6. The molecule has 7 heteroatoms. The van der Waals surface area contributed by atoms with Gasteiger partial charge in [0, 0.05) is 30.2 Å². The minimum absolute atomic E-state index is 0.0463. The van der Waals surface area contributed by atoms with E-state index in [1.807, 2.05) is 0 Å². The van der Waals surface area contributed by atoms with E-state index >= 15 is 0 Å². The average molecular weight is 280 g/mol. The fourth-order valence-electron chi connectivity index (χ4n) is 1.68. The van der Waals surface area contributed by atoms with Crippen LogP contribution in [0.25, 0.3) is 0 Å². The Morgan fingerprint density at radius 2 is 2.10 bits per heavy atom. The van der Waals surface area contributed by atoms with Gasteiger partial charge in [-0.05, 0) is 25.8 Å². The second kappa shape index (κ2) is 6.65. The van der Waals surface area contributed by atoms with Crippen molar-refractivity contribution >= 4 is 17.6 Å². The Hall–Kier alpha value is -2.44. The normalized spacial score (nSPS) is 11.7. The zero-order valence-corrected chi connectivity index (χ0v) is 11.3. The summed E-state index contributed by atoms with van der Waals surface area (Å²) < 4.78 is 0. The van der Waals surface area contributed by atoms with Gasteiger partial charge < -0.3 is 10.4 Å². The van der Waals surface area contributed by atoms with Gasteiger partial charge in [-0.25, -0.2) is 0 Å². The highest BCUT2D eigenvalue weighted by molar-refractivity contribution is 5.96. The molecular weight excluding hydrogens is 264 g/mol. The van der Waals surface area contributed by atoms with Crippen LogP contribution in [0.5, 0.6) is 0 Å². The molecule has 0 aliphatic carbocycles. The van der Waals surface area contributed by atoms with Crippen LogP contribution in [0.4, 0.5) is 5.69 Å². The average Bonchev–Trinajstić information content (AvgIpc) is 2.36. The first-order chi connectivity index (χ1) is 9.31. The lowest BCUT2D eigenvalue weighted by atomic mass is 10.1. The number of carbonyl (C=O) groups excluding carboxylic acids is 1. The van der Waals surface area contributed by atoms with Crippen LogP contribution >= 0.6 is 0 Å². The van der Waals surface area contributed by atoms with E-state index in [0.717, 1.165) is 0 Å². The Morgan fingerprint density at radius 3 is 2.65 bits per heavy atom. The van der Waals surface area contributed by atoms with E-state index < -0.39 is 16.8 Å². The van der Waals surface area contributed by atoms with Crippen molar-refractivity contribution < 1.29 is 19.6 Å². The van der Waals surface area contributed by atoms with Crippen LogP contribution in [-0.4, -0.2) is 27.9 Å². The summed E-state index contributed by atoms with van der Waals surface area (Å²) in [4.78, 5) is 32.6. The summed E-state index contributed by atoms with van der Waals surface area (Å²) in [7, 11) is 0. The van der Waals surface area contributed by atoms with E-state index in [1.54, 1.807) is 13.8 Å². The molecule has 0 heterocycles. The number of rotatable bonds is 6. The molecule has 1 aromatic rings. The molecule has 0 spiro atoms. The summed E-state index contributed by atoms with van der Waals surface area (Å²) in [6, 6.07) is 3.74. The highest BCUT2D eigenvalue weighted by Gasteiger charge is 2.16. The van der Waals surface area contributed by atoms with Crippen LogP contribution in [0.1, 0.15) is 35.7 Å². The Labute approximate surface area is 115 Å². The summed E-state index contributed by atoms with van der Waals surface area (Å²) in [6.45, 7) is 3.37. The van der Waals surface area contributed by atoms with Gasteiger partial charge in [0.15, 0.2) is 0 Å². The summed E-state index contributed by atoms with van der Waals surface area (Å²) >= 11 is 0. The number of hydrogen-bond donors (Lipinski definition) is 2. The molecule has 1 amide bonds. The van der Waals surface area contributed by atoms with Gasteiger partial charge in [0.2, 0.25) is 0 Å². The predicted molar refractivity (Wildman–Crippen MR) is 71.6 cm³/mol. The van der Waals surface area contributed by atoms with Crippen LogP contribution in [0.2, 0.25) is 0 Å². The fraction of sp³-hybridized carbons (Fsp3) is 0.385. The molecule has 0 aliphatic heterocycles. The molecule has 0 aromatic heterocycles. The van der Waals surface area contributed by atoms with Crippen molar-refractivity contribution in [2.75, 3.05) is 0 Å². The molecule has 1 rings (SSSR count). The van der Waals surface area contributed by atoms with Gasteiger partial charge in [0.25, 0.3) is 11.6 Å². The molecule has 7 nitrogen and oxygen atoms in total. The van der Waals surface area contributed by atoms with Gasteiger partial charge in [-0.3, -0.25) is 19.7 Å². The highest BCUT2D eigenvalue weighted by Crippen LogP contribution is 2.17. The van der Waals surface area contributed by atoms with Gasteiger partial charge in [-0.2, -0.15) is 0 Å². The second-order valence-corrected chi connectivity index (χ2v) is 4.56. The third-order valence-electron chi connectivity index (χ3n) is 2.85. The molecule has 108 valence electrons. The monoisotopic (exact) mass is 280 g/mol. The van der Waals surface area contributed by atoms with Crippen molar-refractivity contribution in [1.29, 1.82) is 0 Å². The number of hydrogen-bond acceptors (Lipinski definition) is 4. The molecule has 0 saturated heterocycles. The third kappa shape index (κ3) is 4.34. The van der Waals surface area contributed by atoms with E-state index in [9.17, 15) is 19.7 Å². The van der Waals surface area contributed by atoms with Gasteiger partial charge in [-0.1, -0.05) is 6.07 Å². The number of nitrogens with zero attached hydrogens (tertiary/aromatic N) is 1. The number of nitro groups is 1. The molecule has 2 N–H and O–H groups in total. The van der Waals surface area contributed by atoms with E-state index in [1.165, 1.54) is 18.2 Å². The first kappa shape index (κ1) is 15.6. The Kier molecular flexibility index (Phi) is 5.19. The third-order valence-corrected chi connectivity index (χ3v) is 2.85. The quantitative estimate of drug-likeness (QED) is 0.610. The standard InChI is InChI=1S/C13H16N2O5/c1-8-3-5-10(15(19)20)7-11(8)13(18)14-9(2)4-6-12(16)17/h3,5,7,9H,4,6H2,1-2H3,(H,14,18)(H,16,17). The van der Waals surface area contributed by atoms with Gasteiger partial charge in [-0.15, -0.1) is 0 Å². The van der Waals surface area contributed by atoms with Crippen molar-refractivity contribution in [3.8, 4) is 0 Å². The zero-order valence-electron chi connectivity index (χ0n) is 11.3. The Morgan fingerprint density at radius 1 is 1.45 bits per heavy atom. The molecule has 0 radical (unpaired) electrons. The molecule has 1 unspecified atom stereocenters. The smallest absolute Gasteiger partial charge is 0.303 e. The summed E-state index contributed by atoms with van der Waals surface area (Å²) in [5.74, 6) is -1.37. The number of nitro benzene ring substituents is 1. The van der Waals surface area contributed by atoms with Crippen molar-refractivity contribution in [3.05, 3.63) is 39.4 Å². The number of nitrogens with one attached hydrogen (secondary N) is 1. The molecule has 1 aromatic carbocycles. The number of amides is 1. The number of non-ortho nitro benzene ring substituents is 1.